The zero-order valence-corrected chi connectivity index (χ0v) is 20.4. The second kappa shape index (κ2) is 9.99. The fourth-order valence-corrected chi connectivity index (χ4v) is 4.33. The smallest absolute Gasteiger partial charge is 0.258 e. The van der Waals surface area contributed by atoms with Crippen LogP contribution in [0.25, 0.3) is 21.9 Å². The van der Waals surface area contributed by atoms with E-state index in [9.17, 15) is 9.59 Å². The number of aryl methyl sites for hydroxylation is 4. The topological polar surface area (TPSA) is 86.3 Å². The number of hydrogen-bond donors (Lipinski definition) is 2. The number of rotatable bonds is 6. The summed E-state index contributed by atoms with van der Waals surface area (Å²) in [6.45, 7) is 6.39. The first kappa shape index (κ1) is 24.0. The molecule has 4 aromatic rings. The number of hydrogen-bond acceptors (Lipinski definition) is 4. The van der Waals surface area contributed by atoms with Crippen molar-refractivity contribution in [3.63, 3.8) is 0 Å². The molecule has 0 aliphatic rings. The average molecular weight is 468 g/mol. The van der Waals surface area contributed by atoms with E-state index in [4.69, 9.17) is 10.5 Å². The van der Waals surface area contributed by atoms with E-state index in [1.807, 2.05) is 56.4 Å². The summed E-state index contributed by atoms with van der Waals surface area (Å²) in [6, 6.07) is 17.2. The number of pyridine rings is 1. The molecule has 178 valence electrons. The summed E-state index contributed by atoms with van der Waals surface area (Å²) in [7, 11) is 1.73. The summed E-state index contributed by atoms with van der Waals surface area (Å²) >= 11 is 0. The van der Waals surface area contributed by atoms with Gasteiger partial charge < -0.3 is 20.4 Å². The minimum atomic E-state index is -0.273. The van der Waals surface area contributed by atoms with E-state index in [0.717, 1.165) is 33.4 Å². The van der Waals surface area contributed by atoms with Crippen LogP contribution < -0.4 is 21.3 Å². The third kappa shape index (κ3) is 5.03. The Bertz CT molecular complexity index is 1490. The van der Waals surface area contributed by atoms with Gasteiger partial charge in [0.25, 0.3) is 5.56 Å². The maximum Gasteiger partial charge on any atom is 0.258 e. The van der Waals surface area contributed by atoms with Gasteiger partial charge in [-0.25, -0.2) is 0 Å². The van der Waals surface area contributed by atoms with Crippen LogP contribution in [0.4, 0.5) is 5.69 Å². The van der Waals surface area contributed by atoms with Crippen LogP contribution in [-0.4, -0.2) is 17.0 Å². The molecule has 1 heterocycles. The molecule has 0 fully saturated rings. The summed E-state index contributed by atoms with van der Waals surface area (Å²) in [5, 5.41) is 4.30. The lowest BCUT2D eigenvalue weighted by atomic mass is 9.99. The predicted octanol–water partition coefficient (Wildman–Crippen LogP) is 5.38. The van der Waals surface area contributed by atoms with Crippen LogP contribution in [0.3, 0.4) is 0 Å². The number of nitrogens with one attached hydrogen (secondary N) is 1. The van der Waals surface area contributed by atoms with Gasteiger partial charge in [-0.1, -0.05) is 42.0 Å². The SMILES string of the molecule is Cc1cc(C)c(Oc2ccc(NC(=O)/C=C/CN)cc2-c2cn(C)c(=O)c3ccccc23)c(C)c1. The van der Waals surface area contributed by atoms with Crippen molar-refractivity contribution in [2.75, 3.05) is 11.9 Å². The number of fused-ring (bicyclic) bond motifs is 1. The van der Waals surface area contributed by atoms with Gasteiger partial charge in [-0.2, -0.15) is 0 Å². The number of ether oxygens (including phenoxy) is 1. The lowest BCUT2D eigenvalue weighted by molar-refractivity contribution is -0.111. The van der Waals surface area contributed by atoms with E-state index in [1.165, 1.54) is 11.6 Å². The van der Waals surface area contributed by atoms with Crippen LogP contribution in [0.1, 0.15) is 16.7 Å². The number of amides is 1. The van der Waals surface area contributed by atoms with E-state index in [-0.39, 0.29) is 18.0 Å². The first-order valence-corrected chi connectivity index (χ1v) is 11.4. The van der Waals surface area contributed by atoms with Crippen molar-refractivity contribution < 1.29 is 9.53 Å². The Hall–Kier alpha value is -4.16. The molecule has 4 rings (SSSR count). The van der Waals surface area contributed by atoms with E-state index in [2.05, 4.69) is 24.4 Å². The van der Waals surface area contributed by atoms with Gasteiger partial charge in [0.15, 0.2) is 0 Å². The zero-order chi connectivity index (χ0) is 25.1. The minimum absolute atomic E-state index is 0.0755. The van der Waals surface area contributed by atoms with E-state index in [0.29, 0.717) is 16.8 Å². The molecule has 0 atom stereocenters. The molecule has 6 nitrogen and oxygen atoms in total. The fraction of sp³-hybridized carbons (Fsp3) is 0.172. The highest BCUT2D eigenvalue weighted by Crippen LogP contribution is 2.40. The largest absolute Gasteiger partial charge is 0.456 e. The number of carbonyl (C=O) groups excluding carboxylic acids is 1. The van der Waals surface area contributed by atoms with Crippen LogP contribution in [-0.2, 0) is 11.8 Å². The molecule has 3 N–H and O–H groups in total. The number of nitrogens with zero attached hydrogens (tertiary/aromatic N) is 1. The standard InChI is InChI=1S/C29H29N3O3/c1-18-14-19(2)28(20(3)15-18)35-26-12-11-21(31-27(33)10-7-13-30)16-24(26)25-17-32(4)29(34)23-9-6-5-8-22(23)25/h5-12,14-17H,13,30H2,1-4H3,(H,31,33)/b10-7+. The highest BCUT2D eigenvalue weighted by atomic mass is 16.5. The summed E-state index contributed by atoms with van der Waals surface area (Å²) in [4.78, 5) is 25.1. The van der Waals surface area contributed by atoms with Crippen molar-refractivity contribution in [2.45, 2.75) is 20.8 Å². The van der Waals surface area contributed by atoms with Gasteiger partial charge in [-0.3, -0.25) is 9.59 Å². The second-order valence-electron chi connectivity index (χ2n) is 8.67. The Kier molecular flexibility index (Phi) is 6.85. The Morgan fingerprint density at radius 3 is 2.37 bits per heavy atom. The molecule has 1 amide bonds. The van der Waals surface area contributed by atoms with Crippen molar-refractivity contribution in [1.82, 2.24) is 4.57 Å². The highest BCUT2D eigenvalue weighted by Gasteiger charge is 2.17. The van der Waals surface area contributed by atoms with Gasteiger partial charge >= 0.3 is 0 Å². The van der Waals surface area contributed by atoms with Crippen LogP contribution in [0, 0.1) is 20.8 Å². The Morgan fingerprint density at radius 2 is 1.69 bits per heavy atom. The molecule has 0 saturated heterocycles. The van der Waals surface area contributed by atoms with Crippen molar-refractivity contribution in [3.8, 4) is 22.6 Å². The van der Waals surface area contributed by atoms with E-state index >= 15 is 0 Å². The summed E-state index contributed by atoms with van der Waals surface area (Å²) in [5.41, 5.74) is 10.8. The van der Waals surface area contributed by atoms with Gasteiger partial charge in [0.1, 0.15) is 11.5 Å². The van der Waals surface area contributed by atoms with Crippen molar-refractivity contribution in [2.24, 2.45) is 12.8 Å². The molecular formula is C29H29N3O3. The lowest BCUT2D eigenvalue weighted by Gasteiger charge is -2.18. The maximum atomic E-state index is 12.8. The Morgan fingerprint density at radius 1 is 1.00 bits per heavy atom. The number of aromatic nitrogens is 1. The minimum Gasteiger partial charge on any atom is -0.456 e. The van der Waals surface area contributed by atoms with Crippen LogP contribution in [0.2, 0.25) is 0 Å². The van der Waals surface area contributed by atoms with E-state index in [1.54, 1.807) is 23.8 Å². The van der Waals surface area contributed by atoms with Gasteiger partial charge in [-0.15, -0.1) is 0 Å². The Labute approximate surface area is 204 Å². The first-order valence-electron chi connectivity index (χ1n) is 11.4. The third-order valence-corrected chi connectivity index (χ3v) is 5.85. The number of benzene rings is 3. The molecular weight excluding hydrogens is 438 g/mol. The molecule has 0 saturated carbocycles. The Balaban J connectivity index is 1.92. The van der Waals surface area contributed by atoms with Crippen LogP contribution >= 0.6 is 0 Å². The van der Waals surface area contributed by atoms with Crippen molar-refractivity contribution in [1.29, 1.82) is 0 Å². The summed E-state index contributed by atoms with van der Waals surface area (Å²) < 4.78 is 8.06. The first-order chi connectivity index (χ1) is 16.8. The third-order valence-electron chi connectivity index (χ3n) is 5.85. The molecule has 0 unspecified atom stereocenters. The average Bonchev–Trinajstić information content (AvgIpc) is 2.83. The molecule has 0 bridgehead atoms. The normalized spacial score (nSPS) is 11.2. The molecule has 0 aliphatic carbocycles. The summed E-state index contributed by atoms with van der Waals surface area (Å²) in [6.07, 6.45) is 4.81. The zero-order valence-electron chi connectivity index (χ0n) is 20.4. The van der Waals surface area contributed by atoms with Gasteiger partial charge in [0, 0.05) is 48.1 Å². The lowest BCUT2D eigenvalue weighted by Crippen LogP contribution is -2.16. The van der Waals surface area contributed by atoms with E-state index < -0.39 is 0 Å². The monoisotopic (exact) mass is 467 g/mol. The number of carbonyl (C=O) groups is 1. The van der Waals surface area contributed by atoms with Crippen LogP contribution in [0.5, 0.6) is 11.5 Å². The molecule has 0 aliphatic heterocycles. The highest BCUT2D eigenvalue weighted by molar-refractivity contribution is 6.01. The van der Waals surface area contributed by atoms with Crippen LogP contribution in [0.15, 0.2) is 77.7 Å². The molecule has 1 aromatic heterocycles. The second-order valence-corrected chi connectivity index (χ2v) is 8.67. The van der Waals surface area contributed by atoms with Crippen molar-refractivity contribution >= 4 is 22.4 Å². The number of nitrogens with two attached hydrogens (primary N) is 1. The quantitative estimate of drug-likeness (QED) is 0.373. The van der Waals surface area contributed by atoms with Gasteiger partial charge in [-0.05, 0) is 61.5 Å². The van der Waals surface area contributed by atoms with Crippen molar-refractivity contribution in [3.05, 3.63) is 100.0 Å². The molecule has 3 aromatic carbocycles. The number of anilines is 1. The molecule has 0 radical (unpaired) electrons. The molecule has 0 spiro atoms. The fourth-order valence-electron chi connectivity index (χ4n) is 4.33. The molecule has 35 heavy (non-hydrogen) atoms. The van der Waals surface area contributed by atoms with Gasteiger partial charge in [0.05, 0.1) is 0 Å². The predicted molar refractivity (Wildman–Crippen MR) is 142 cm³/mol. The summed E-state index contributed by atoms with van der Waals surface area (Å²) in [5.74, 6) is 1.14. The van der Waals surface area contributed by atoms with Gasteiger partial charge in [0.2, 0.25) is 5.91 Å². The maximum absolute atomic E-state index is 12.8. The molecule has 6 heteroatoms.